The highest BCUT2D eigenvalue weighted by molar-refractivity contribution is 5.86. The minimum atomic E-state index is -4.71. The first-order valence-electron chi connectivity index (χ1n) is 9.67. The largest absolute Gasteiger partial charge is 0.507 e. The number of hydrogen-bond acceptors (Lipinski definition) is 5. The molecule has 164 valence electrons. The summed E-state index contributed by atoms with van der Waals surface area (Å²) in [6.45, 7) is 4.95. The van der Waals surface area contributed by atoms with Gasteiger partial charge in [-0.05, 0) is 38.1 Å². The number of phenolic OH excluding ortho intramolecular Hbond substituents is 1. The molecular weight excluding hydrogens is 411 g/mol. The van der Waals surface area contributed by atoms with Crippen molar-refractivity contribution in [3.8, 4) is 5.75 Å². The van der Waals surface area contributed by atoms with Crippen LogP contribution in [-0.2, 0) is 17.5 Å². The Morgan fingerprint density at radius 3 is 2.58 bits per heavy atom. The fraction of sp³-hybridized carbons (Fsp3) is 0.286. The molecule has 7 nitrogen and oxygen atoms in total. The smallest absolute Gasteiger partial charge is 0.449 e. The number of amides is 1. The van der Waals surface area contributed by atoms with Crippen molar-refractivity contribution in [1.29, 1.82) is 0 Å². The molecule has 0 saturated heterocycles. The van der Waals surface area contributed by atoms with Gasteiger partial charge in [0, 0.05) is 30.4 Å². The molecule has 3 aromatic rings. The van der Waals surface area contributed by atoms with Crippen LogP contribution in [0.15, 0.2) is 47.6 Å². The Morgan fingerprint density at radius 1 is 1.23 bits per heavy atom. The topological polar surface area (TPSA) is 82.8 Å². The van der Waals surface area contributed by atoms with Gasteiger partial charge in [0.05, 0.1) is 17.2 Å². The summed E-state index contributed by atoms with van der Waals surface area (Å²) < 4.78 is 40.8. The molecule has 0 aliphatic rings. The average Bonchev–Trinajstić information content (AvgIpc) is 3.09. The van der Waals surface area contributed by atoms with Crippen molar-refractivity contribution >= 4 is 28.8 Å². The molecule has 2 aromatic carbocycles. The van der Waals surface area contributed by atoms with Crippen LogP contribution in [0.4, 0.5) is 18.9 Å². The molecule has 0 atom stereocenters. The fourth-order valence-electron chi connectivity index (χ4n) is 3.23. The minimum Gasteiger partial charge on any atom is -0.507 e. The second-order valence-corrected chi connectivity index (χ2v) is 6.72. The molecule has 31 heavy (non-hydrogen) atoms. The highest BCUT2D eigenvalue weighted by Gasteiger charge is 2.37. The third kappa shape index (κ3) is 4.96. The molecule has 10 heteroatoms. The Balaban J connectivity index is 1.73. The summed E-state index contributed by atoms with van der Waals surface area (Å²) in [4.78, 5) is 17.9. The highest BCUT2D eigenvalue weighted by Crippen LogP contribution is 2.31. The molecule has 2 N–H and O–H groups in total. The quantitative estimate of drug-likeness (QED) is 0.439. The number of hydrogen-bond donors (Lipinski definition) is 2. The first-order chi connectivity index (χ1) is 14.7. The van der Waals surface area contributed by atoms with Crippen LogP contribution in [0.1, 0.15) is 25.2 Å². The van der Waals surface area contributed by atoms with Gasteiger partial charge in [-0.15, -0.1) is 0 Å². The average molecular weight is 433 g/mol. The normalized spacial score (nSPS) is 11.9. The van der Waals surface area contributed by atoms with Crippen molar-refractivity contribution in [2.45, 2.75) is 26.6 Å². The third-order valence-electron chi connectivity index (χ3n) is 4.75. The number of aromatic hydroxyl groups is 1. The van der Waals surface area contributed by atoms with E-state index in [1.54, 1.807) is 24.3 Å². The van der Waals surface area contributed by atoms with Crippen LogP contribution in [0.5, 0.6) is 5.75 Å². The molecule has 0 radical (unpaired) electrons. The number of hydrazone groups is 1. The Bertz CT molecular complexity index is 1100. The van der Waals surface area contributed by atoms with E-state index in [0.29, 0.717) is 5.56 Å². The summed E-state index contributed by atoms with van der Waals surface area (Å²) in [5, 5.41) is 13.9. The first-order valence-corrected chi connectivity index (χ1v) is 9.67. The Morgan fingerprint density at radius 2 is 1.94 bits per heavy atom. The number of phenols is 1. The van der Waals surface area contributed by atoms with Crippen LogP contribution in [0, 0.1) is 0 Å². The lowest BCUT2D eigenvalue weighted by molar-refractivity contribution is -0.147. The number of rotatable bonds is 7. The summed E-state index contributed by atoms with van der Waals surface area (Å²) in [5.41, 5.74) is 3.73. The second kappa shape index (κ2) is 9.07. The maximum absolute atomic E-state index is 13.3. The van der Waals surface area contributed by atoms with E-state index < -0.39 is 24.5 Å². The molecule has 1 amide bonds. The predicted molar refractivity (Wildman–Crippen MR) is 112 cm³/mol. The number of imidazole rings is 1. The van der Waals surface area contributed by atoms with Crippen molar-refractivity contribution in [1.82, 2.24) is 15.0 Å². The zero-order valence-electron chi connectivity index (χ0n) is 17.0. The van der Waals surface area contributed by atoms with Gasteiger partial charge in [0.15, 0.2) is 0 Å². The van der Waals surface area contributed by atoms with Crippen LogP contribution in [0.2, 0.25) is 0 Å². The number of benzene rings is 2. The summed E-state index contributed by atoms with van der Waals surface area (Å²) >= 11 is 0. The molecule has 0 spiro atoms. The van der Waals surface area contributed by atoms with Gasteiger partial charge in [-0.25, -0.2) is 10.4 Å². The number of aromatic nitrogens is 2. The number of fused-ring (bicyclic) bond motifs is 1. The summed E-state index contributed by atoms with van der Waals surface area (Å²) in [6, 6.07) is 11.1. The van der Waals surface area contributed by atoms with Gasteiger partial charge >= 0.3 is 6.18 Å². The number of nitrogens with zero attached hydrogens (tertiary/aromatic N) is 4. The van der Waals surface area contributed by atoms with Crippen LogP contribution in [-0.4, -0.2) is 39.9 Å². The van der Waals surface area contributed by atoms with E-state index in [-0.39, 0.29) is 16.8 Å². The number of carbonyl (C=O) groups excluding carboxylic acids is 1. The van der Waals surface area contributed by atoms with Gasteiger partial charge in [0.25, 0.3) is 5.91 Å². The van der Waals surface area contributed by atoms with Gasteiger partial charge in [-0.2, -0.15) is 18.3 Å². The van der Waals surface area contributed by atoms with Crippen molar-refractivity contribution in [2.75, 3.05) is 18.0 Å². The summed E-state index contributed by atoms with van der Waals surface area (Å²) in [5.74, 6) is -1.94. The van der Waals surface area contributed by atoms with Crippen LogP contribution < -0.4 is 10.3 Å². The number of halogens is 3. The standard InChI is InChI=1S/C21H22F3N5O2/c1-3-28(4-2)15-10-9-14(18(30)11-15)12-25-27-19(31)13-29-17-8-6-5-7-16(17)26-20(29)21(22,23)24/h5-12,30H,3-4,13H2,1-2H3,(H,27,31)/b25-12+. The highest BCUT2D eigenvalue weighted by atomic mass is 19.4. The lowest BCUT2D eigenvalue weighted by atomic mass is 10.2. The molecule has 0 aliphatic heterocycles. The maximum Gasteiger partial charge on any atom is 0.449 e. The fourth-order valence-corrected chi connectivity index (χ4v) is 3.23. The number of carbonyl (C=O) groups is 1. The molecule has 0 bridgehead atoms. The number of nitrogens with one attached hydrogen (secondary N) is 1. The van der Waals surface area contributed by atoms with E-state index in [4.69, 9.17) is 0 Å². The summed E-state index contributed by atoms with van der Waals surface area (Å²) in [7, 11) is 0. The van der Waals surface area contributed by atoms with E-state index in [1.165, 1.54) is 18.3 Å². The van der Waals surface area contributed by atoms with Crippen molar-refractivity contribution in [2.24, 2.45) is 5.10 Å². The van der Waals surface area contributed by atoms with E-state index >= 15 is 0 Å². The van der Waals surface area contributed by atoms with E-state index in [9.17, 15) is 23.1 Å². The first kappa shape index (κ1) is 22.1. The van der Waals surface area contributed by atoms with Crippen LogP contribution in [0.3, 0.4) is 0 Å². The van der Waals surface area contributed by atoms with Crippen LogP contribution in [0.25, 0.3) is 11.0 Å². The predicted octanol–water partition coefficient (Wildman–Crippen LogP) is 3.76. The SMILES string of the molecule is CCN(CC)c1ccc(/C=N/NC(=O)Cn2c(C(F)(F)F)nc3ccccc32)c(O)c1. The Labute approximate surface area is 176 Å². The molecule has 1 aromatic heterocycles. The summed E-state index contributed by atoms with van der Waals surface area (Å²) in [6.07, 6.45) is -3.48. The molecule has 1 heterocycles. The van der Waals surface area contributed by atoms with Gasteiger partial charge < -0.3 is 14.6 Å². The molecular formula is C21H22F3N5O2. The molecule has 0 unspecified atom stereocenters. The van der Waals surface area contributed by atoms with Gasteiger partial charge in [0.1, 0.15) is 12.3 Å². The van der Waals surface area contributed by atoms with Gasteiger partial charge in [-0.1, -0.05) is 12.1 Å². The number of anilines is 1. The second-order valence-electron chi connectivity index (χ2n) is 6.72. The van der Waals surface area contributed by atoms with E-state index in [0.717, 1.165) is 23.3 Å². The van der Waals surface area contributed by atoms with E-state index in [2.05, 4.69) is 20.4 Å². The molecule has 3 rings (SSSR count). The third-order valence-corrected chi connectivity index (χ3v) is 4.75. The van der Waals surface area contributed by atoms with Crippen molar-refractivity contribution in [3.63, 3.8) is 0 Å². The molecule has 0 saturated carbocycles. The van der Waals surface area contributed by atoms with Crippen molar-refractivity contribution < 1.29 is 23.1 Å². The van der Waals surface area contributed by atoms with Gasteiger partial charge in [0.2, 0.25) is 5.82 Å². The Kier molecular flexibility index (Phi) is 6.47. The zero-order chi connectivity index (χ0) is 22.6. The lowest BCUT2D eigenvalue weighted by Gasteiger charge is -2.21. The van der Waals surface area contributed by atoms with Gasteiger partial charge in [-0.3, -0.25) is 4.79 Å². The molecule has 0 aliphatic carbocycles. The zero-order valence-corrected chi connectivity index (χ0v) is 17.0. The van der Waals surface area contributed by atoms with E-state index in [1.807, 2.05) is 19.9 Å². The lowest BCUT2D eigenvalue weighted by Crippen LogP contribution is -2.26. The van der Waals surface area contributed by atoms with Crippen LogP contribution >= 0.6 is 0 Å². The monoisotopic (exact) mass is 433 g/mol. The Hall–Kier alpha value is -3.56. The minimum absolute atomic E-state index is 0.0256. The number of alkyl halides is 3. The number of para-hydroxylation sites is 2. The maximum atomic E-state index is 13.3. The molecule has 0 fully saturated rings. The van der Waals surface area contributed by atoms with Crippen molar-refractivity contribution in [3.05, 3.63) is 53.9 Å².